The van der Waals surface area contributed by atoms with Gasteiger partial charge in [0.25, 0.3) is 0 Å². The van der Waals surface area contributed by atoms with E-state index in [9.17, 15) is 4.79 Å². The molecule has 0 radical (unpaired) electrons. The molecule has 0 aliphatic carbocycles. The van der Waals surface area contributed by atoms with Crippen molar-refractivity contribution in [2.24, 2.45) is 0 Å². The Morgan fingerprint density at radius 3 is 3.13 bits per heavy atom. The second-order valence-electron chi connectivity index (χ2n) is 3.97. The van der Waals surface area contributed by atoms with Gasteiger partial charge in [-0.1, -0.05) is 0 Å². The van der Waals surface area contributed by atoms with Gasteiger partial charge in [0, 0.05) is 12.2 Å². The Bertz CT molecular complexity index is 298. The number of esters is 1. The lowest BCUT2D eigenvalue weighted by molar-refractivity contribution is -0.138. The van der Waals surface area contributed by atoms with E-state index in [0.717, 1.165) is 43.7 Å². The van der Waals surface area contributed by atoms with Crippen molar-refractivity contribution in [2.45, 2.75) is 32.4 Å². The van der Waals surface area contributed by atoms with Crippen LogP contribution in [0.1, 0.15) is 26.2 Å². The number of allylic oxidation sites excluding steroid dienone is 1. The quantitative estimate of drug-likeness (QED) is 0.612. The van der Waals surface area contributed by atoms with Crippen molar-refractivity contribution in [3.63, 3.8) is 0 Å². The molecule has 0 amide bonds. The summed E-state index contributed by atoms with van der Waals surface area (Å²) in [7, 11) is 1.43. The summed E-state index contributed by atoms with van der Waals surface area (Å²) in [5, 5.41) is 0. The fourth-order valence-corrected chi connectivity index (χ4v) is 2.31. The monoisotopic (exact) mass is 211 g/mol. The van der Waals surface area contributed by atoms with E-state index in [1.165, 1.54) is 7.11 Å². The van der Waals surface area contributed by atoms with Crippen molar-refractivity contribution >= 4 is 5.97 Å². The molecule has 1 atom stereocenters. The third-order valence-electron chi connectivity index (χ3n) is 3.14. The largest absolute Gasteiger partial charge is 0.466 e. The van der Waals surface area contributed by atoms with Crippen LogP contribution in [0.4, 0.5) is 0 Å². The van der Waals surface area contributed by atoms with Crippen LogP contribution < -0.4 is 0 Å². The van der Waals surface area contributed by atoms with E-state index < -0.39 is 0 Å². The van der Waals surface area contributed by atoms with Gasteiger partial charge in [-0.25, -0.2) is 4.79 Å². The first-order chi connectivity index (χ1) is 7.24. The van der Waals surface area contributed by atoms with E-state index >= 15 is 0 Å². The van der Waals surface area contributed by atoms with Crippen molar-refractivity contribution in [3.05, 3.63) is 11.3 Å². The molecule has 4 heteroatoms. The topological polar surface area (TPSA) is 38.8 Å². The van der Waals surface area contributed by atoms with E-state index in [0.29, 0.717) is 0 Å². The molecular formula is C11H17NO3. The third-order valence-corrected chi connectivity index (χ3v) is 3.14. The predicted molar refractivity (Wildman–Crippen MR) is 55.0 cm³/mol. The summed E-state index contributed by atoms with van der Waals surface area (Å²) < 4.78 is 10.4. The van der Waals surface area contributed by atoms with Crippen LogP contribution in [0.2, 0.25) is 0 Å². The summed E-state index contributed by atoms with van der Waals surface area (Å²) >= 11 is 0. The highest BCUT2D eigenvalue weighted by Crippen LogP contribution is 2.30. The number of hydrogen-bond acceptors (Lipinski definition) is 4. The van der Waals surface area contributed by atoms with E-state index in [2.05, 4.69) is 4.90 Å². The van der Waals surface area contributed by atoms with Crippen LogP contribution in [0.5, 0.6) is 0 Å². The molecule has 0 bridgehead atoms. The Balaban J connectivity index is 2.21. The molecule has 0 saturated carbocycles. The number of methoxy groups -OCH3 is 1. The number of hydrogen-bond donors (Lipinski definition) is 0. The normalized spacial score (nSPS) is 26.3. The van der Waals surface area contributed by atoms with Crippen LogP contribution in [0.15, 0.2) is 11.3 Å². The highest BCUT2D eigenvalue weighted by atomic mass is 16.5. The van der Waals surface area contributed by atoms with E-state index in [1.807, 2.05) is 6.92 Å². The Hall–Kier alpha value is -1.03. The summed E-state index contributed by atoms with van der Waals surface area (Å²) in [5.74, 6) is -0.198. The van der Waals surface area contributed by atoms with E-state index in [1.54, 1.807) is 0 Å². The average molecular weight is 211 g/mol. The van der Waals surface area contributed by atoms with Gasteiger partial charge in [-0.05, 0) is 26.2 Å². The number of ether oxygens (including phenoxy) is 2. The SMILES string of the molecule is COC(=O)C1=C(C)N2CCCOC2CC1. The molecular weight excluding hydrogens is 194 g/mol. The fourth-order valence-electron chi connectivity index (χ4n) is 2.31. The molecule has 1 fully saturated rings. The minimum atomic E-state index is -0.198. The van der Waals surface area contributed by atoms with E-state index in [-0.39, 0.29) is 12.2 Å². The van der Waals surface area contributed by atoms with Gasteiger partial charge in [-0.3, -0.25) is 0 Å². The number of carbonyl (C=O) groups is 1. The Morgan fingerprint density at radius 1 is 1.60 bits per heavy atom. The highest BCUT2D eigenvalue weighted by Gasteiger charge is 2.31. The molecule has 0 spiro atoms. The van der Waals surface area contributed by atoms with Crippen molar-refractivity contribution in [3.8, 4) is 0 Å². The number of fused-ring (bicyclic) bond motifs is 1. The Morgan fingerprint density at radius 2 is 2.40 bits per heavy atom. The number of nitrogens with zero attached hydrogens (tertiary/aromatic N) is 1. The molecule has 0 aromatic heterocycles. The zero-order chi connectivity index (χ0) is 10.8. The standard InChI is InChI=1S/C11H17NO3/c1-8-9(11(13)14-2)4-5-10-12(8)6-3-7-15-10/h10H,3-7H2,1-2H3. The minimum Gasteiger partial charge on any atom is -0.466 e. The maximum atomic E-state index is 11.5. The van der Waals surface area contributed by atoms with Gasteiger partial charge in [0.2, 0.25) is 0 Å². The van der Waals surface area contributed by atoms with Crippen LogP contribution in [0, 0.1) is 0 Å². The molecule has 1 saturated heterocycles. The smallest absolute Gasteiger partial charge is 0.335 e. The van der Waals surface area contributed by atoms with Crippen molar-refractivity contribution in [1.29, 1.82) is 0 Å². The number of carbonyl (C=O) groups excluding carboxylic acids is 1. The first-order valence-corrected chi connectivity index (χ1v) is 5.40. The van der Waals surface area contributed by atoms with Crippen LogP contribution >= 0.6 is 0 Å². The maximum absolute atomic E-state index is 11.5. The zero-order valence-electron chi connectivity index (χ0n) is 9.28. The van der Waals surface area contributed by atoms with Gasteiger partial charge < -0.3 is 14.4 Å². The Labute approximate surface area is 89.8 Å². The highest BCUT2D eigenvalue weighted by molar-refractivity contribution is 5.89. The number of rotatable bonds is 1. The fraction of sp³-hybridized carbons (Fsp3) is 0.727. The molecule has 15 heavy (non-hydrogen) atoms. The first kappa shape index (κ1) is 10.5. The minimum absolute atomic E-state index is 0.173. The summed E-state index contributed by atoms with van der Waals surface area (Å²) in [6.45, 7) is 3.80. The van der Waals surface area contributed by atoms with Gasteiger partial charge in [-0.2, -0.15) is 0 Å². The van der Waals surface area contributed by atoms with Gasteiger partial charge >= 0.3 is 5.97 Å². The maximum Gasteiger partial charge on any atom is 0.335 e. The Kier molecular flexibility index (Phi) is 2.95. The molecule has 0 aromatic rings. The second-order valence-corrected chi connectivity index (χ2v) is 3.97. The summed E-state index contributed by atoms with van der Waals surface area (Å²) in [5.41, 5.74) is 1.83. The zero-order valence-corrected chi connectivity index (χ0v) is 9.28. The molecule has 2 aliphatic heterocycles. The van der Waals surface area contributed by atoms with Gasteiger partial charge in [0.1, 0.15) is 6.23 Å². The van der Waals surface area contributed by atoms with E-state index in [4.69, 9.17) is 9.47 Å². The van der Waals surface area contributed by atoms with Crippen LogP contribution in [-0.2, 0) is 14.3 Å². The summed E-state index contributed by atoms with van der Waals surface area (Å²) in [4.78, 5) is 13.7. The van der Waals surface area contributed by atoms with Gasteiger partial charge in [0.05, 0.1) is 19.3 Å². The molecule has 0 aromatic carbocycles. The van der Waals surface area contributed by atoms with Crippen LogP contribution in [0.3, 0.4) is 0 Å². The lowest BCUT2D eigenvalue weighted by Crippen LogP contribution is -2.44. The molecule has 84 valence electrons. The third kappa shape index (κ3) is 1.86. The molecule has 2 rings (SSSR count). The average Bonchev–Trinajstić information content (AvgIpc) is 2.29. The lowest BCUT2D eigenvalue weighted by Gasteiger charge is -2.41. The first-order valence-electron chi connectivity index (χ1n) is 5.40. The van der Waals surface area contributed by atoms with Crippen LogP contribution in [0.25, 0.3) is 0 Å². The molecule has 2 aliphatic rings. The molecule has 2 heterocycles. The molecule has 0 N–H and O–H groups in total. The summed E-state index contributed by atoms with van der Waals surface area (Å²) in [6.07, 6.45) is 2.86. The predicted octanol–water partition coefficient (Wildman–Crippen LogP) is 1.28. The van der Waals surface area contributed by atoms with Gasteiger partial charge in [0.15, 0.2) is 0 Å². The van der Waals surface area contributed by atoms with Crippen LogP contribution in [-0.4, -0.2) is 37.4 Å². The molecule has 4 nitrogen and oxygen atoms in total. The lowest BCUT2D eigenvalue weighted by atomic mass is 10.0. The van der Waals surface area contributed by atoms with Crippen molar-refractivity contribution in [2.75, 3.05) is 20.3 Å². The summed E-state index contributed by atoms with van der Waals surface area (Å²) in [6, 6.07) is 0. The van der Waals surface area contributed by atoms with Crippen molar-refractivity contribution in [1.82, 2.24) is 4.90 Å². The van der Waals surface area contributed by atoms with Gasteiger partial charge in [-0.15, -0.1) is 0 Å². The molecule has 1 unspecified atom stereocenters. The second kappa shape index (κ2) is 4.23. The van der Waals surface area contributed by atoms with Crippen molar-refractivity contribution < 1.29 is 14.3 Å².